The topological polar surface area (TPSA) is 77.7 Å². The molecule has 2 heterocycles. The molecule has 1 aromatic rings. The van der Waals surface area contributed by atoms with E-state index in [0.717, 1.165) is 0 Å². The summed E-state index contributed by atoms with van der Waals surface area (Å²) in [6.07, 6.45) is 0.197. The third kappa shape index (κ3) is 3.34. The minimum absolute atomic E-state index is 0.303. The van der Waals surface area contributed by atoms with Crippen molar-refractivity contribution < 1.29 is 18.7 Å². The molecule has 1 fully saturated rings. The highest BCUT2D eigenvalue weighted by Gasteiger charge is 2.48. The zero-order valence-corrected chi connectivity index (χ0v) is 13.5. The molecule has 7 heteroatoms. The Balaban J connectivity index is 2.26. The second-order valence-corrected chi connectivity index (χ2v) is 6.51. The lowest BCUT2D eigenvalue weighted by atomic mass is 10.2. The number of rotatable bonds is 2. The Bertz CT molecular complexity index is 519. The van der Waals surface area contributed by atoms with Gasteiger partial charge >= 0.3 is 6.09 Å². The van der Waals surface area contributed by atoms with Gasteiger partial charge in [-0.2, -0.15) is 0 Å². The van der Waals surface area contributed by atoms with Crippen LogP contribution in [0, 0.1) is 0 Å². The zero-order chi connectivity index (χ0) is 15.8. The SMILES string of the molecule is CCc1nnc([C@@H]2COC(C)(C)N2C(=O)OC(C)(C)C)o1. The number of carbonyl (C=O) groups is 1. The van der Waals surface area contributed by atoms with Gasteiger partial charge in [-0.3, -0.25) is 4.90 Å². The Morgan fingerprint density at radius 3 is 2.62 bits per heavy atom. The minimum Gasteiger partial charge on any atom is -0.444 e. The average Bonchev–Trinajstić information content (AvgIpc) is 2.90. The normalized spacial score (nSPS) is 21.6. The summed E-state index contributed by atoms with van der Waals surface area (Å²) in [6.45, 7) is 11.3. The van der Waals surface area contributed by atoms with Gasteiger partial charge in [0, 0.05) is 6.42 Å². The van der Waals surface area contributed by atoms with E-state index in [0.29, 0.717) is 24.8 Å². The quantitative estimate of drug-likeness (QED) is 0.835. The third-order valence-corrected chi connectivity index (χ3v) is 3.15. The van der Waals surface area contributed by atoms with E-state index in [1.807, 2.05) is 41.5 Å². The summed E-state index contributed by atoms with van der Waals surface area (Å²) in [6, 6.07) is -0.428. The van der Waals surface area contributed by atoms with Crippen molar-refractivity contribution in [1.82, 2.24) is 15.1 Å². The molecule has 2 rings (SSSR count). The number of ether oxygens (including phenoxy) is 2. The molecule has 1 amide bonds. The maximum absolute atomic E-state index is 12.5. The average molecular weight is 297 g/mol. The van der Waals surface area contributed by atoms with Gasteiger partial charge in [-0.05, 0) is 34.6 Å². The second-order valence-electron chi connectivity index (χ2n) is 6.51. The van der Waals surface area contributed by atoms with Crippen molar-refractivity contribution in [2.24, 2.45) is 0 Å². The molecule has 1 aliphatic heterocycles. The van der Waals surface area contributed by atoms with E-state index in [4.69, 9.17) is 13.9 Å². The molecular weight excluding hydrogens is 274 g/mol. The Hall–Kier alpha value is -1.63. The van der Waals surface area contributed by atoms with Crippen LogP contribution in [0.25, 0.3) is 0 Å². The summed E-state index contributed by atoms with van der Waals surface area (Å²) < 4.78 is 16.7. The van der Waals surface area contributed by atoms with E-state index in [1.165, 1.54) is 4.90 Å². The molecule has 0 radical (unpaired) electrons. The minimum atomic E-state index is -0.784. The van der Waals surface area contributed by atoms with Crippen LogP contribution >= 0.6 is 0 Å². The molecule has 1 aliphatic rings. The van der Waals surface area contributed by atoms with E-state index in [9.17, 15) is 4.79 Å². The van der Waals surface area contributed by atoms with Gasteiger partial charge in [0.15, 0.2) is 0 Å². The van der Waals surface area contributed by atoms with Crippen LogP contribution in [0.15, 0.2) is 4.42 Å². The number of amides is 1. The summed E-state index contributed by atoms with van der Waals surface area (Å²) in [5, 5.41) is 7.96. The van der Waals surface area contributed by atoms with Gasteiger partial charge in [0.1, 0.15) is 17.4 Å². The maximum atomic E-state index is 12.5. The Kier molecular flexibility index (Phi) is 3.97. The van der Waals surface area contributed by atoms with Gasteiger partial charge in [-0.1, -0.05) is 6.92 Å². The lowest BCUT2D eigenvalue weighted by molar-refractivity contribution is -0.0634. The molecule has 0 aromatic carbocycles. The van der Waals surface area contributed by atoms with E-state index in [-0.39, 0.29) is 0 Å². The van der Waals surface area contributed by atoms with Crippen LogP contribution in [0.2, 0.25) is 0 Å². The highest BCUT2D eigenvalue weighted by atomic mass is 16.6. The van der Waals surface area contributed by atoms with Crippen LogP contribution in [0.1, 0.15) is 59.4 Å². The van der Waals surface area contributed by atoms with E-state index in [2.05, 4.69) is 10.2 Å². The van der Waals surface area contributed by atoms with E-state index < -0.39 is 23.5 Å². The summed E-state index contributed by atoms with van der Waals surface area (Å²) in [4.78, 5) is 14.0. The van der Waals surface area contributed by atoms with Gasteiger partial charge in [-0.15, -0.1) is 10.2 Å². The number of hydrogen-bond acceptors (Lipinski definition) is 6. The van der Waals surface area contributed by atoms with Crippen molar-refractivity contribution >= 4 is 6.09 Å². The standard InChI is InChI=1S/C14H23N3O4/c1-7-10-15-16-11(20-10)9-8-19-14(5,6)17(9)12(18)21-13(2,3)4/h9H,7-8H2,1-6H3/t9-/m0/s1. The van der Waals surface area contributed by atoms with Crippen LogP contribution in [-0.2, 0) is 15.9 Å². The van der Waals surface area contributed by atoms with Crippen LogP contribution < -0.4 is 0 Å². The Labute approximate surface area is 124 Å². The summed E-state index contributed by atoms with van der Waals surface area (Å²) in [5.41, 5.74) is -1.36. The fraction of sp³-hybridized carbons (Fsp3) is 0.786. The number of carbonyl (C=O) groups excluding carboxylic acids is 1. The van der Waals surface area contributed by atoms with Crippen molar-refractivity contribution in [1.29, 1.82) is 0 Å². The third-order valence-electron chi connectivity index (χ3n) is 3.15. The van der Waals surface area contributed by atoms with Crippen molar-refractivity contribution in [3.8, 4) is 0 Å². The van der Waals surface area contributed by atoms with Crippen LogP contribution in [0.4, 0.5) is 4.79 Å². The first-order valence-electron chi connectivity index (χ1n) is 7.12. The van der Waals surface area contributed by atoms with Crippen molar-refractivity contribution in [3.63, 3.8) is 0 Å². The van der Waals surface area contributed by atoms with Gasteiger partial charge in [0.2, 0.25) is 11.8 Å². The largest absolute Gasteiger partial charge is 0.444 e. The molecule has 1 aromatic heterocycles. The molecule has 0 N–H and O–H groups in total. The predicted molar refractivity (Wildman–Crippen MR) is 74.5 cm³/mol. The first-order valence-corrected chi connectivity index (χ1v) is 7.12. The molecular formula is C14H23N3O4. The van der Waals surface area contributed by atoms with Crippen LogP contribution in [0.5, 0.6) is 0 Å². The molecule has 21 heavy (non-hydrogen) atoms. The molecule has 0 bridgehead atoms. The Morgan fingerprint density at radius 1 is 1.43 bits per heavy atom. The highest BCUT2D eigenvalue weighted by molar-refractivity contribution is 5.69. The molecule has 0 unspecified atom stereocenters. The molecule has 0 saturated carbocycles. The zero-order valence-electron chi connectivity index (χ0n) is 13.5. The highest BCUT2D eigenvalue weighted by Crippen LogP contribution is 2.37. The summed E-state index contributed by atoms with van der Waals surface area (Å²) in [7, 11) is 0. The Morgan fingerprint density at radius 2 is 2.10 bits per heavy atom. The maximum Gasteiger partial charge on any atom is 0.413 e. The smallest absolute Gasteiger partial charge is 0.413 e. The van der Waals surface area contributed by atoms with Gasteiger partial charge in [-0.25, -0.2) is 4.79 Å². The fourth-order valence-corrected chi connectivity index (χ4v) is 2.19. The molecule has 7 nitrogen and oxygen atoms in total. The van der Waals surface area contributed by atoms with Crippen molar-refractivity contribution in [2.45, 2.75) is 65.3 Å². The second kappa shape index (κ2) is 5.29. The predicted octanol–water partition coefficient (Wildman–Crippen LogP) is 2.68. The molecule has 118 valence electrons. The van der Waals surface area contributed by atoms with Crippen LogP contribution in [-0.4, -0.2) is 39.1 Å². The first-order chi connectivity index (χ1) is 9.64. The number of nitrogens with zero attached hydrogens (tertiary/aromatic N) is 3. The van der Waals surface area contributed by atoms with Gasteiger partial charge in [0.25, 0.3) is 0 Å². The van der Waals surface area contributed by atoms with Crippen molar-refractivity contribution in [3.05, 3.63) is 11.8 Å². The first kappa shape index (κ1) is 15.8. The van der Waals surface area contributed by atoms with Gasteiger partial charge < -0.3 is 13.9 Å². The molecule has 1 atom stereocenters. The molecule has 1 saturated heterocycles. The van der Waals surface area contributed by atoms with Crippen molar-refractivity contribution in [2.75, 3.05) is 6.61 Å². The van der Waals surface area contributed by atoms with E-state index in [1.54, 1.807) is 0 Å². The summed E-state index contributed by atoms with van der Waals surface area (Å²) in [5.74, 6) is 0.919. The van der Waals surface area contributed by atoms with Gasteiger partial charge in [0.05, 0.1) is 6.61 Å². The number of hydrogen-bond donors (Lipinski definition) is 0. The van der Waals surface area contributed by atoms with E-state index >= 15 is 0 Å². The monoisotopic (exact) mass is 297 g/mol. The summed E-state index contributed by atoms with van der Waals surface area (Å²) >= 11 is 0. The van der Waals surface area contributed by atoms with Crippen LogP contribution in [0.3, 0.4) is 0 Å². The fourth-order valence-electron chi connectivity index (χ4n) is 2.19. The lowest BCUT2D eigenvalue weighted by Crippen LogP contribution is -2.47. The molecule has 0 spiro atoms. The molecule has 0 aliphatic carbocycles. The lowest BCUT2D eigenvalue weighted by Gasteiger charge is -2.34. The number of aromatic nitrogens is 2. The number of aryl methyl sites for hydroxylation is 1.